The summed E-state index contributed by atoms with van der Waals surface area (Å²) in [6.07, 6.45) is -4.36. The van der Waals surface area contributed by atoms with E-state index in [0.717, 1.165) is 11.8 Å². The van der Waals surface area contributed by atoms with Crippen LogP contribution < -0.4 is 4.90 Å². The summed E-state index contributed by atoms with van der Waals surface area (Å²) in [6.45, 7) is 5.37. The zero-order valence-corrected chi connectivity index (χ0v) is 13.0. The Labute approximate surface area is 126 Å². The van der Waals surface area contributed by atoms with Crippen molar-refractivity contribution in [3.8, 4) is 0 Å². The average Bonchev–Trinajstić information content (AvgIpc) is 2.35. The number of hydrogen-bond acceptors (Lipinski definition) is 2. The van der Waals surface area contributed by atoms with Crippen molar-refractivity contribution in [3.05, 3.63) is 29.3 Å². The molecule has 1 aliphatic heterocycles. The fourth-order valence-electron chi connectivity index (χ4n) is 2.39. The molecule has 0 saturated carbocycles. The monoisotopic (exact) mass is 323 g/mol. The number of alkyl halides is 4. The lowest BCUT2D eigenvalue weighted by atomic mass is 10.1. The topological polar surface area (TPSA) is 3.24 Å². The third-order valence-corrected chi connectivity index (χ3v) is 4.89. The lowest BCUT2D eigenvalue weighted by Crippen LogP contribution is -2.43. The van der Waals surface area contributed by atoms with Gasteiger partial charge in [0.25, 0.3) is 0 Å². The molecule has 112 valence electrons. The van der Waals surface area contributed by atoms with Gasteiger partial charge >= 0.3 is 6.18 Å². The van der Waals surface area contributed by atoms with Gasteiger partial charge in [0.1, 0.15) is 0 Å². The molecule has 1 heterocycles. The van der Waals surface area contributed by atoms with Crippen LogP contribution in [0.5, 0.6) is 0 Å². The summed E-state index contributed by atoms with van der Waals surface area (Å²) in [5, 5.41) is 0. The molecule has 1 nitrogen and oxygen atoms in total. The van der Waals surface area contributed by atoms with E-state index in [1.54, 1.807) is 23.9 Å². The van der Waals surface area contributed by atoms with Gasteiger partial charge < -0.3 is 4.90 Å². The van der Waals surface area contributed by atoms with Gasteiger partial charge in [0, 0.05) is 35.2 Å². The summed E-state index contributed by atoms with van der Waals surface area (Å²) in [7, 11) is 0. The molecule has 20 heavy (non-hydrogen) atoms. The number of nitrogens with zero attached hydrogens (tertiary/aromatic N) is 1. The van der Waals surface area contributed by atoms with Crippen LogP contribution in [0.1, 0.15) is 25.0 Å². The lowest BCUT2D eigenvalue weighted by molar-refractivity contribution is -0.137. The molecule has 1 fully saturated rings. The molecule has 1 saturated heterocycles. The zero-order chi connectivity index (χ0) is 15.0. The standard InChI is InChI=1S/C14H17ClF3NS/c1-13(2)9-19(5-6-20-13)12-4-3-10(8-15)7-11(12)14(16,17)18/h3-4,7H,5-6,8-9H2,1-2H3. The quantitative estimate of drug-likeness (QED) is 0.721. The third-order valence-electron chi connectivity index (χ3n) is 3.29. The molecule has 1 aliphatic rings. The number of anilines is 1. The van der Waals surface area contributed by atoms with E-state index in [-0.39, 0.29) is 16.3 Å². The minimum absolute atomic E-state index is 0.0354. The van der Waals surface area contributed by atoms with Crippen LogP contribution in [0, 0.1) is 0 Å². The van der Waals surface area contributed by atoms with E-state index in [4.69, 9.17) is 11.6 Å². The molecule has 0 aromatic heterocycles. The number of rotatable bonds is 2. The van der Waals surface area contributed by atoms with Crippen LogP contribution >= 0.6 is 23.4 Å². The van der Waals surface area contributed by atoms with E-state index >= 15 is 0 Å². The maximum Gasteiger partial charge on any atom is 0.418 e. The first kappa shape index (κ1) is 15.8. The Kier molecular flexibility index (Phi) is 4.50. The second-order valence-electron chi connectivity index (χ2n) is 5.51. The highest BCUT2D eigenvalue weighted by atomic mass is 35.5. The van der Waals surface area contributed by atoms with Crippen molar-refractivity contribution < 1.29 is 13.2 Å². The van der Waals surface area contributed by atoms with Crippen molar-refractivity contribution in [2.75, 3.05) is 23.7 Å². The molecular formula is C14H17ClF3NS. The smallest absolute Gasteiger partial charge is 0.369 e. The van der Waals surface area contributed by atoms with Gasteiger partial charge in [-0.1, -0.05) is 6.07 Å². The van der Waals surface area contributed by atoms with E-state index in [9.17, 15) is 13.2 Å². The first-order valence-corrected chi connectivity index (χ1v) is 7.90. The van der Waals surface area contributed by atoms with Crippen LogP contribution in [0.15, 0.2) is 18.2 Å². The van der Waals surface area contributed by atoms with Crippen molar-refractivity contribution in [2.24, 2.45) is 0 Å². The van der Waals surface area contributed by atoms with Crippen LogP contribution in [0.3, 0.4) is 0 Å². The molecule has 0 unspecified atom stereocenters. The molecular weight excluding hydrogens is 307 g/mol. The van der Waals surface area contributed by atoms with Gasteiger partial charge in [-0.3, -0.25) is 0 Å². The Morgan fingerprint density at radius 1 is 1.35 bits per heavy atom. The summed E-state index contributed by atoms with van der Waals surface area (Å²) in [5.41, 5.74) is 0.173. The number of benzene rings is 1. The van der Waals surface area contributed by atoms with Crippen molar-refractivity contribution in [1.29, 1.82) is 0 Å². The van der Waals surface area contributed by atoms with Crippen molar-refractivity contribution >= 4 is 29.1 Å². The van der Waals surface area contributed by atoms with Gasteiger partial charge in [-0.05, 0) is 31.5 Å². The lowest BCUT2D eigenvalue weighted by Gasteiger charge is -2.40. The predicted molar refractivity (Wildman–Crippen MR) is 79.8 cm³/mol. The molecule has 0 amide bonds. The van der Waals surface area contributed by atoms with Crippen molar-refractivity contribution in [3.63, 3.8) is 0 Å². The zero-order valence-electron chi connectivity index (χ0n) is 11.4. The number of halogens is 4. The number of thioether (sulfide) groups is 1. The van der Waals surface area contributed by atoms with Gasteiger partial charge in [0.2, 0.25) is 0 Å². The Morgan fingerprint density at radius 2 is 2.05 bits per heavy atom. The first-order valence-electron chi connectivity index (χ1n) is 6.38. The minimum Gasteiger partial charge on any atom is -0.369 e. The molecule has 0 bridgehead atoms. The van der Waals surface area contributed by atoms with Crippen LogP contribution in [-0.2, 0) is 12.1 Å². The van der Waals surface area contributed by atoms with Crippen LogP contribution in [0.2, 0.25) is 0 Å². The van der Waals surface area contributed by atoms with Crippen LogP contribution in [0.25, 0.3) is 0 Å². The SMILES string of the molecule is CC1(C)CN(c2ccc(CCl)cc2C(F)(F)F)CCS1. The molecule has 0 N–H and O–H groups in total. The van der Waals surface area contributed by atoms with Crippen LogP contribution in [0.4, 0.5) is 18.9 Å². The molecule has 0 spiro atoms. The highest BCUT2D eigenvalue weighted by Gasteiger charge is 2.37. The first-order chi connectivity index (χ1) is 9.23. The van der Waals surface area contributed by atoms with E-state index in [2.05, 4.69) is 13.8 Å². The predicted octanol–water partition coefficient (Wildman–Crippen LogP) is 4.78. The summed E-state index contributed by atoms with van der Waals surface area (Å²) in [6, 6.07) is 4.38. The second-order valence-corrected chi connectivity index (χ2v) is 7.58. The van der Waals surface area contributed by atoms with Gasteiger partial charge in [0.05, 0.1) is 5.56 Å². The molecule has 0 radical (unpaired) electrons. The van der Waals surface area contributed by atoms with Gasteiger partial charge in [-0.2, -0.15) is 24.9 Å². The molecule has 0 atom stereocenters. The fourth-order valence-corrected chi connectivity index (χ4v) is 3.67. The maximum absolute atomic E-state index is 13.2. The summed E-state index contributed by atoms with van der Waals surface area (Å²) in [5.74, 6) is 0.923. The van der Waals surface area contributed by atoms with Crippen molar-refractivity contribution in [1.82, 2.24) is 0 Å². The maximum atomic E-state index is 13.2. The van der Waals surface area contributed by atoms with Gasteiger partial charge in [-0.15, -0.1) is 11.6 Å². The second kappa shape index (κ2) is 5.68. The Morgan fingerprint density at radius 3 is 2.60 bits per heavy atom. The van der Waals surface area contributed by atoms with Gasteiger partial charge in [-0.25, -0.2) is 0 Å². The van der Waals surface area contributed by atoms with E-state index in [0.29, 0.717) is 18.7 Å². The molecule has 2 rings (SSSR count). The van der Waals surface area contributed by atoms with E-state index < -0.39 is 11.7 Å². The average molecular weight is 324 g/mol. The van der Waals surface area contributed by atoms with E-state index in [1.165, 1.54) is 0 Å². The highest BCUT2D eigenvalue weighted by molar-refractivity contribution is 8.00. The molecule has 0 aliphatic carbocycles. The van der Waals surface area contributed by atoms with Crippen molar-refractivity contribution in [2.45, 2.75) is 30.7 Å². The summed E-state index contributed by atoms with van der Waals surface area (Å²) >= 11 is 7.44. The summed E-state index contributed by atoms with van der Waals surface area (Å²) in [4.78, 5) is 1.83. The Bertz CT molecular complexity index is 488. The molecule has 1 aromatic carbocycles. The van der Waals surface area contributed by atoms with E-state index in [1.807, 2.05) is 4.90 Å². The highest BCUT2D eigenvalue weighted by Crippen LogP contribution is 2.40. The fraction of sp³-hybridized carbons (Fsp3) is 0.571. The third kappa shape index (κ3) is 3.55. The normalized spacial score (nSPS) is 19.2. The minimum atomic E-state index is -4.36. The summed E-state index contributed by atoms with van der Waals surface area (Å²) < 4.78 is 39.7. The van der Waals surface area contributed by atoms with Crippen LogP contribution in [-0.4, -0.2) is 23.6 Å². The largest absolute Gasteiger partial charge is 0.418 e. The van der Waals surface area contributed by atoms with Gasteiger partial charge in [0.15, 0.2) is 0 Å². The molecule has 6 heteroatoms. The Hall–Kier alpha value is -0.550. The molecule has 1 aromatic rings. The number of hydrogen-bond donors (Lipinski definition) is 0. The Balaban J connectivity index is 2.40.